The van der Waals surface area contributed by atoms with Gasteiger partial charge in [0, 0.05) is 12.6 Å². The molecule has 0 heterocycles. The maximum Gasteiger partial charge on any atom is 0.460 e. The van der Waals surface area contributed by atoms with E-state index in [0.29, 0.717) is 0 Å². The summed E-state index contributed by atoms with van der Waals surface area (Å²) in [5.41, 5.74) is 0. The van der Waals surface area contributed by atoms with Crippen molar-refractivity contribution in [3.8, 4) is 0 Å². The molecule has 0 aromatic heterocycles. The monoisotopic (exact) mass is 656 g/mol. The highest BCUT2D eigenvalue weighted by atomic mass is 31.2. The van der Waals surface area contributed by atoms with Crippen molar-refractivity contribution in [3.05, 3.63) is 0 Å². The molecule has 0 saturated heterocycles. The van der Waals surface area contributed by atoms with E-state index in [1.807, 2.05) is 0 Å². The lowest BCUT2D eigenvalue weighted by Gasteiger charge is -2.44. The zero-order valence-corrected chi connectivity index (χ0v) is 18.4. The molecule has 0 aromatic rings. The lowest BCUT2D eigenvalue weighted by molar-refractivity contribution is -0.474. The number of halogens is 21. The molecule has 2 N–H and O–H groups in total. The molecule has 0 aromatic carbocycles. The third-order valence-electron chi connectivity index (χ3n) is 4.77. The van der Waals surface area contributed by atoms with E-state index in [0.717, 1.165) is 0 Å². The minimum Gasteiger partial charge on any atom is -0.324 e. The largest absolute Gasteiger partial charge is 0.460 e. The lowest BCUT2D eigenvalue weighted by atomic mass is 9.85. The topological polar surface area (TPSA) is 57.5 Å². The maximum absolute atomic E-state index is 13.6. The highest BCUT2D eigenvalue weighted by molar-refractivity contribution is 7.51. The summed E-state index contributed by atoms with van der Waals surface area (Å²) in [5, 5.41) is 0. The second-order valence-electron chi connectivity index (χ2n) is 7.64. The third-order valence-corrected chi connectivity index (χ3v) is 5.66. The van der Waals surface area contributed by atoms with E-state index in [2.05, 4.69) is 0 Å². The fourth-order valence-corrected chi connectivity index (χ4v) is 3.05. The fourth-order valence-electron chi connectivity index (χ4n) is 2.41. The van der Waals surface area contributed by atoms with Crippen molar-refractivity contribution in [2.75, 3.05) is 6.16 Å². The van der Waals surface area contributed by atoms with Crippen LogP contribution in [-0.2, 0) is 4.57 Å². The van der Waals surface area contributed by atoms with Gasteiger partial charge in [-0.15, -0.1) is 0 Å². The second-order valence-corrected chi connectivity index (χ2v) is 9.42. The Morgan fingerprint density at radius 2 is 0.667 bits per heavy atom. The van der Waals surface area contributed by atoms with Crippen LogP contribution in [0, 0.1) is 0 Å². The average molecular weight is 656 g/mol. The normalized spacial score (nSPS) is 16.6. The van der Waals surface area contributed by atoms with Gasteiger partial charge in [0.15, 0.2) is 0 Å². The van der Waals surface area contributed by atoms with E-state index >= 15 is 0 Å². The van der Waals surface area contributed by atoms with E-state index in [9.17, 15) is 96.8 Å². The molecule has 3 nitrogen and oxygen atoms in total. The molecule has 0 atom stereocenters. The Labute approximate surface area is 200 Å². The van der Waals surface area contributed by atoms with E-state index in [1.165, 1.54) is 0 Å². The zero-order chi connectivity index (χ0) is 32.3. The van der Waals surface area contributed by atoms with Gasteiger partial charge in [0.25, 0.3) is 0 Å². The molecule has 0 radical (unpaired) electrons. The van der Waals surface area contributed by atoms with Crippen LogP contribution in [0.5, 0.6) is 0 Å². The molecule has 0 aliphatic carbocycles. The highest BCUT2D eigenvalue weighted by Gasteiger charge is 2.97. The first-order valence-electron chi connectivity index (χ1n) is 8.97. The van der Waals surface area contributed by atoms with Crippen LogP contribution in [0.1, 0.15) is 19.3 Å². The van der Waals surface area contributed by atoms with E-state index in [-0.39, 0.29) is 0 Å². The van der Waals surface area contributed by atoms with Crippen LogP contribution in [-0.4, -0.2) is 75.4 Å². The van der Waals surface area contributed by atoms with Crippen molar-refractivity contribution in [1.82, 2.24) is 0 Å². The summed E-state index contributed by atoms with van der Waals surface area (Å²) in [6, 6.07) is 0. The highest BCUT2D eigenvalue weighted by Crippen LogP contribution is 2.66. The minimum absolute atomic E-state index is 1.29. The van der Waals surface area contributed by atoms with Crippen LogP contribution in [0.25, 0.3) is 0 Å². The summed E-state index contributed by atoms with van der Waals surface area (Å²) in [7, 11) is -5.08. The van der Waals surface area contributed by atoms with Gasteiger partial charge in [-0.1, -0.05) is 0 Å². The molecule has 0 saturated carbocycles. The fraction of sp³-hybridized carbons (Fsp3) is 1.00. The van der Waals surface area contributed by atoms with Gasteiger partial charge in [0.2, 0.25) is 0 Å². The van der Waals surface area contributed by atoms with E-state index < -0.39 is 92.5 Å². The van der Waals surface area contributed by atoms with Crippen molar-refractivity contribution in [2.24, 2.45) is 0 Å². The number of rotatable bonds is 13. The molecule has 0 spiro atoms. The number of hydrogen-bond acceptors (Lipinski definition) is 1. The van der Waals surface area contributed by atoms with Crippen LogP contribution in [0.3, 0.4) is 0 Å². The predicted octanol–water partition coefficient (Wildman–Crippen LogP) is 7.61. The molecule has 0 fully saturated rings. The molecule has 0 amide bonds. The summed E-state index contributed by atoms with van der Waals surface area (Å²) in [6.07, 6.45) is -15.4. The molecule has 236 valence electrons. The van der Waals surface area contributed by atoms with E-state index in [1.54, 1.807) is 0 Å². The Bertz CT molecular complexity index is 917. The van der Waals surface area contributed by atoms with Gasteiger partial charge >= 0.3 is 67.1 Å². The first-order chi connectivity index (χ1) is 16.5. The van der Waals surface area contributed by atoms with Gasteiger partial charge in [-0.3, -0.25) is 4.57 Å². The molecule has 0 bridgehead atoms. The van der Waals surface area contributed by atoms with E-state index in [4.69, 9.17) is 9.79 Å². The van der Waals surface area contributed by atoms with Crippen molar-refractivity contribution in [2.45, 2.75) is 78.7 Å². The van der Waals surface area contributed by atoms with Gasteiger partial charge in [-0.2, -0.15) is 92.2 Å². The maximum atomic E-state index is 13.6. The van der Waals surface area contributed by atoms with Crippen molar-refractivity contribution in [1.29, 1.82) is 0 Å². The third kappa shape index (κ3) is 5.61. The molecular formula is C14H10F21O3P. The molecular weight excluding hydrogens is 646 g/mol. The molecule has 25 heteroatoms. The van der Waals surface area contributed by atoms with Gasteiger partial charge in [0.1, 0.15) is 0 Å². The Kier molecular flexibility index (Phi) is 9.56. The molecule has 0 rings (SSSR count). The lowest BCUT2D eigenvalue weighted by Crippen LogP contribution is -2.76. The Hall–Kier alpha value is -1.32. The molecule has 0 aliphatic heterocycles. The first-order valence-corrected chi connectivity index (χ1v) is 10.8. The quantitative estimate of drug-likeness (QED) is 0.122. The molecule has 39 heavy (non-hydrogen) atoms. The Morgan fingerprint density at radius 1 is 0.410 bits per heavy atom. The van der Waals surface area contributed by atoms with Crippen molar-refractivity contribution >= 4 is 7.60 Å². The van der Waals surface area contributed by atoms with Crippen molar-refractivity contribution in [3.63, 3.8) is 0 Å². The minimum atomic E-state index is -9.22. The van der Waals surface area contributed by atoms with Crippen LogP contribution in [0.2, 0.25) is 0 Å². The van der Waals surface area contributed by atoms with Crippen LogP contribution in [0.4, 0.5) is 92.2 Å². The zero-order valence-electron chi connectivity index (χ0n) is 17.5. The standard InChI is InChI=1S/C14H10F21O3P/c15-5(16,3-1-2-4-39(36,37)38)6(17,18)7(19,20)8(21,22)9(23,24)10(25,26)11(27,28)12(29,30)13(31,32)14(33,34)35/h1-4H2,(H2,36,37,38). The predicted molar refractivity (Wildman–Crippen MR) is 81.3 cm³/mol. The molecule has 0 unspecified atom stereocenters. The second kappa shape index (κ2) is 9.90. The smallest absolute Gasteiger partial charge is 0.324 e. The Morgan fingerprint density at radius 3 is 0.923 bits per heavy atom. The number of alkyl halides is 21. The van der Waals surface area contributed by atoms with Gasteiger partial charge in [0.05, 0.1) is 0 Å². The number of hydrogen-bond donors (Lipinski definition) is 2. The summed E-state index contributed by atoms with van der Waals surface area (Å²) in [5.74, 6) is -77.4. The Balaban J connectivity index is 6.72. The first kappa shape index (κ1) is 37.7. The number of unbranched alkanes of at least 4 members (excludes halogenated alkanes) is 1. The molecule has 0 aliphatic rings. The van der Waals surface area contributed by atoms with Gasteiger partial charge < -0.3 is 9.79 Å². The van der Waals surface area contributed by atoms with Crippen LogP contribution in [0.15, 0.2) is 0 Å². The van der Waals surface area contributed by atoms with Crippen LogP contribution < -0.4 is 0 Å². The van der Waals surface area contributed by atoms with Gasteiger partial charge in [-0.05, 0) is 12.8 Å². The van der Waals surface area contributed by atoms with Crippen molar-refractivity contribution < 1.29 is 107 Å². The SMILES string of the molecule is O=P(O)(O)CCCCC(F)(F)C(F)(F)C(F)(F)C(F)(F)C(F)(F)C(F)(F)C(F)(F)C(F)(F)C(F)(F)C(F)(F)F. The average Bonchev–Trinajstić information content (AvgIpc) is 2.68. The summed E-state index contributed by atoms with van der Waals surface area (Å²) >= 11 is 0. The summed E-state index contributed by atoms with van der Waals surface area (Å²) in [6.45, 7) is 0. The summed E-state index contributed by atoms with van der Waals surface area (Å²) in [4.78, 5) is 16.8. The van der Waals surface area contributed by atoms with Crippen LogP contribution >= 0.6 is 7.60 Å². The van der Waals surface area contributed by atoms with Gasteiger partial charge in [-0.25, -0.2) is 0 Å². The summed E-state index contributed by atoms with van der Waals surface area (Å²) < 4.78 is 287.